The zero-order chi connectivity index (χ0) is 14.6. The number of para-hydroxylation sites is 1. The summed E-state index contributed by atoms with van der Waals surface area (Å²) in [6.07, 6.45) is 1.48. The SMILES string of the molecule is COc1ccccc1C(=O)NC[C@](C)(O)c1ccco1. The number of ether oxygens (including phenoxy) is 1. The first-order valence-corrected chi connectivity index (χ1v) is 6.22. The summed E-state index contributed by atoms with van der Waals surface area (Å²) in [4.78, 5) is 12.1. The summed E-state index contributed by atoms with van der Waals surface area (Å²) in [5.74, 6) is 0.578. The van der Waals surface area contributed by atoms with Crippen LogP contribution in [0.5, 0.6) is 5.75 Å². The van der Waals surface area contributed by atoms with Gasteiger partial charge in [-0.05, 0) is 31.2 Å². The van der Waals surface area contributed by atoms with Crippen molar-refractivity contribution in [2.75, 3.05) is 13.7 Å². The van der Waals surface area contributed by atoms with Crippen LogP contribution in [0, 0.1) is 0 Å². The van der Waals surface area contributed by atoms with Crippen LogP contribution >= 0.6 is 0 Å². The highest BCUT2D eigenvalue weighted by atomic mass is 16.5. The Morgan fingerprint density at radius 3 is 2.75 bits per heavy atom. The van der Waals surface area contributed by atoms with Crippen LogP contribution in [0.25, 0.3) is 0 Å². The number of hydrogen-bond donors (Lipinski definition) is 2. The average molecular weight is 275 g/mol. The van der Waals surface area contributed by atoms with Gasteiger partial charge in [0.2, 0.25) is 0 Å². The number of carbonyl (C=O) groups excluding carboxylic acids is 1. The fourth-order valence-corrected chi connectivity index (χ4v) is 1.85. The van der Waals surface area contributed by atoms with Crippen molar-refractivity contribution in [3.8, 4) is 5.75 Å². The van der Waals surface area contributed by atoms with E-state index in [1.807, 2.05) is 0 Å². The van der Waals surface area contributed by atoms with Crippen molar-refractivity contribution in [1.29, 1.82) is 0 Å². The molecular weight excluding hydrogens is 258 g/mol. The average Bonchev–Trinajstić information content (AvgIpc) is 3.00. The van der Waals surface area contributed by atoms with Crippen LogP contribution in [0.4, 0.5) is 0 Å². The van der Waals surface area contributed by atoms with E-state index in [2.05, 4.69) is 5.32 Å². The minimum Gasteiger partial charge on any atom is -0.496 e. The van der Waals surface area contributed by atoms with Gasteiger partial charge in [-0.2, -0.15) is 0 Å². The molecule has 0 radical (unpaired) electrons. The molecule has 1 aromatic carbocycles. The quantitative estimate of drug-likeness (QED) is 0.874. The van der Waals surface area contributed by atoms with Crippen molar-refractivity contribution >= 4 is 5.91 Å². The third-order valence-electron chi connectivity index (χ3n) is 3.00. The predicted octanol–water partition coefficient (Wildman–Crippen LogP) is 1.93. The van der Waals surface area contributed by atoms with Gasteiger partial charge in [0.1, 0.15) is 17.1 Å². The van der Waals surface area contributed by atoms with Crippen LogP contribution in [0.1, 0.15) is 23.0 Å². The Morgan fingerprint density at radius 1 is 1.35 bits per heavy atom. The van der Waals surface area contributed by atoms with Gasteiger partial charge in [0.25, 0.3) is 5.91 Å². The number of aliphatic hydroxyl groups is 1. The number of benzene rings is 1. The highest BCUT2D eigenvalue weighted by Crippen LogP contribution is 2.21. The molecule has 0 aliphatic heterocycles. The summed E-state index contributed by atoms with van der Waals surface area (Å²) in [5, 5.41) is 12.9. The molecule has 106 valence electrons. The highest BCUT2D eigenvalue weighted by Gasteiger charge is 2.27. The second-order valence-electron chi connectivity index (χ2n) is 4.63. The highest BCUT2D eigenvalue weighted by molar-refractivity contribution is 5.96. The van der Waals surface area contributed by atoms with E-state index >= 15 is 0 Å². The topological polar surface area (TPSA) is 71.7 Å². The van der Waals surface area contributed by atoms with Crippen LogP contribution in [0.2, 0.25) is 0 Å². The molecule has 2 aromatic rings. The smallest absolute Gasteiger partial charge is 0.255 e. The number of amides is 1. The molecule has 0 saturated heterocycles. The van der Waals surface area contributed by atoms with Crippen LogP contribution < -0.4 is 10.1 Å². The molecule has 0 spiro atoms. The maximum absolute atomic E-state index is 12.1. The number of hydrogen-bond acceptors (Lipinski definition) is 4. The number of rotatable bonds is 5. The molecule has 5 nitrogen and oxygen atoms in total. The predicted molar refractivity (Wildman–Crippen MR) is 73.6 cm³/mol. The molecule has 2 N–H and O–H groups in total. The van der Waals surface area contributed by atoms with E-state index in [0.29, 0.717) is 17.1 Å². The fourth-order valence-electron chi connectivity index (χ4n) is 1.85. The summed E-state index contributed by atoms with van der Waals surface area (Å²) in [6, 6.07) is 10.3. The number of furan rings is 1. The van der Waals surface area contributed by atoms with Crippen molar-refractivity contribution < 1.29 is 19.1 Å². The Morgan fingerprint density at radius 2 is 2.10 bits per heavy atom. The van der Waals surface area contributed by atoms with Crippen molar-refractivity contribution in [2.45, 2.75) is 12.5 Å². The van der Waals surface area contributed by atoms with Crippen molar-refractivity contribution in [1.82, 2.24) is 5.32 Å². The molecule has 1 atom stereocenters. The summed E-state index contributed by atoms with van der Waals surface area (Å²) in [5.41, 5.74) is -0.841. The molecule has 1 aromatic heterocycles. The number of methoxy groups -OCH3 is 1. The lowest BCUT2D eigenvalue weighted by Crippen LogP contribution is -2.38. The standard InChI is InChI=1S/C15H17NO4/c1-15(18,13-8-5-9-20-13)10-16-14(17)11-6-3-4-7-12(11)19-2/h3-9,18H,10H2,1-2H3,(H,16,17)/t15-/m0/s1. The first-order chi connectivity index (χ1) is 9.54. The Hall–Kier alpha value is -2.27. The maximum atomic E-state index is 12.1. The van der Waals surface area contributed by atoms with Gasteiger partial charge in [0.15, 0.2) is 0 Å². The molecular formula is C15H17NO4. The molecule has 1 heterocycles. The molecule has 0 saturated carbocycles. The Bertz CT molecular complexity index is 575. The van der Waals surface area contributed by atoms with E-state index in [9.17, 15) is 9.90 Å². The van der Waals surface area contributed by atoms with Gasteiger partial charge >= 0.3 is 0 Å². The summed E-state index contributed by atoms with van der Waals surface area (Å²) in [6.45, 7) is 1.62. The van der Waals surface area contributed by atoms with E-state index in [-0.39, 0.29) is 12.5 Å². The molecule has 0 bridgehead atoms. The molecule has 20 heavy (non-hydrogen) atoms. The van der Waals surface area contributed by atoms with Crippen LogP contribution in [-0.2, 0) is 5.60 Å². The van der Waals surface area contributed by atoms with Crippen molar-refractivity contribution in [3.05, 3.63) is 54.0 Å². The van der Waals surface area contributed by atoms with Crippen LogP contribution in [-0.4, -0.2) is 24.7 Å². The van der Waals surface area contributed by atoms with Gasteiger partial charge in [0, 0.05) is 0 Å². The van der Waals surface area contributed by atoms with E-state index in [0.717, 1.165) is 0 Å². The van der Waals surface area contributed by atoms with E-state index < -0.39 is 5.60 Å². The number of nitrogens with one attached hydrogen (secondary N) is 1. The third-order valence-corrected chi connectivity index (χ3v) is 3.00. The van der Waals surface area contributed by atoms with E-state index in [1.54, 1.807) is 43.3 Å². The Kier molecular flexibility index (Phi) is 4.10. The van der Waals surface area contributed by atoms with Gasteiger partial charge in [-0.1, -0.05) is 12.1 Å². The van der Waals surface area contributed by atoms with Gasteiger partial charge in [-0.25, -0.2) is 0 Å². The minimum atomic E-state index is -1.26. The molecule has 0 aliphatic rings. The van der Waals surface area contributed by atoms with E-state index in [4.69, 9.17) is 9.15 Å². The second kappa shape index (κ2) is 5.79. The second-order valence-corrected chi connectivity index (χ2v) is 4.63. The fraction of sp³-hybridized carbons (Fsp3) is 0.267. The Balaban J connectivity index is 2.06. The first kappa shape index (κ1) is 14.1. The zero-order valence-electron chi connectivity index (χ0n) is 11.4. The van der Waals surface area contributed by atoms with Crippen LogP contribution in [0.15, 0.2) is 47.1 Å². The van der Waals surface area contributed by atoms with E-state index in [1.165, 1.54) is 13.4 Å². The van der Waals surface area contributed by atoms with Crippen molar-refractivity contribution in [2.24, 2.45) is 0 Å². The minimum absolute atomic E-state index is 0.0391. The molecule has 5 heteroatoms. The lowest BCUT2D eigenvalue weighted by atomic mass is 10.0. The molecule has 0 fully saturated rings. The van der Waals surface area contributed by atoms with Gasteiger partial charge in [-0.3, -0.25) is 4.79 Å². The van der Waals surface area contributed by atoms with Gasteiger partial charge < -0.3 is 19.6 Å². The summed E-state index contributed by atoms with van der Waals surface area (Å²) < 4.78 is 10.3. The molecule has 0 unspecified atom stereocenters. The largest absolute Gasteiger partial charge is 0.496 e. The van der Waals surface area contributed by atoms with Crippen molar-refractivity contribution in [3.63, 3.8) is 0 Å². The number of carbonyl (C=O) groups is 1. The monoisotopic (exact) mass is 275 g/mol. The van der Waals surface area contributed by atoms with Gasteiger partial charge in [0.05, 0.1) is 25.5 Å². The third kappa shape index (κ3) is 3.00. The van der Waals surface area contributed by atoms with Crippen LogP contribution in [0.3, 0.4) is 0 Å². The molecule has 0 aliphatic carbocycles. The van der Waals surface area contributed by atoms with Gasteiger partial charge in [-0.15, -0.1) is 0 Å². The maximum Gasteiger partial charge on any atom is 0.255 e. The first-order valence-electron chi connectivity index (χ1n) is 6.22. The zero-order valence-corrected chi connectivity index (χ0v) is 11.4. The summed E-state index contributed by atoms with van der Waals surface area (Å²) in [7, 11) is 1.51. The lowest BCUT2D eigenvalue weighted by Gasteiger charge is -2.21. The molecule has 1 amide bonds. The summed E-state index contributed by atoms with van der Waals surface area (Å²) >= 11 is 0. The Labute approximate surface area is 117 Å². The normalized spacial score (nSPS) is 13.6. The molecule has 2 rings (SSSR count). The lowest BCUT2D eigenvalue weighted by molar-refractivity contribution is 0.0330.